The van der Waals surface area contributed by atoms with Crippen LogP contribution in [0.1, 0.15) is 25.7 Å². The van der Waals surface area contributed by atoms with Crippen LogP contribution in [0.3, 0.4) is 0 Å². The molecule has 0 bridgehead atoms. The molecule has 2 N–H and O–H groups in total. The van der Waals surface area contributed by atoms with Crippen LogP contribution in [0.5, 0.6) is 0 Å². The van der Waals surface area contributed by atoms with E-state index in [0.29, 0.717) is 6.07 Å². The number of anilines is 1. The monoisotopic (exact) mass is 325 g/mol. The average Bonchev–Trinajstić information content (AvgIpc) is 2.99. The number of nitrogens with zero attached hydrogens (tertiary/aromatic N) is 1. The predicted octanol–water partition coefficient (Wildman–Crippen LogP) is 1.96. The molecule has 0 spiro atoms. The zero-order chi connectivity index (χ0) is 16.7. The van der Waals surface area contributed by atoms with Gasteiger partial charge >= 0.3 is 0 Å². The number of hydrogen-bond acceptors (Lipinski definition) is 4. The van der Waals surface area contributed by atoms with Gasteiger partial charge in [-0.1, -0.05) is 18.0 Å². The van der Waals surface area contributed by atoms with E-state index in [9.17, 15) is 18.4 Å². The van der Waals surface area contributed by atoms with Crippen molar-refractivity contribution in [1.82, 2.24) is 5.32 Å². The number of rotatable bonds is 6. The Bertz CT molecular complexity index is 602. The van der Waals surface area contributed by atoms with Crippen LogP contribution in [0, 0.1) is 11.6 Å². The number of benzene rings is 1. The van der Waals surface area contributed by atoms with Crippen LogP contribution < -0.4 is 10.6 Å². The van der Waals surface area contributed by atoms with Crippen LogP contribution in [-0.4, -0.2) is 30.7 Å². The van der Waals surface area contributed by atoms with Gasteiger partial charge in [-0.15, -0.1) is 0 Å². The molecular formula is C15H17F2N3O3. The van der Waals surface area contributed by atoms with Gasteiger partial charge in [0.05, 0.1) is 5.69 Å². The maximum absolute atomic E-state index is 13.3. The molecule has 8 heteroatoms. The molecule has 1 saturated carbocycles. The molecule has 2 rings (SSSR count). The van der Waals surface area contributed by atoms with E-state index in [2.05, 4.69) is 15.8 Å². The van der Waals surface area contributed by atoms with E-state index < -0.39 is 17.5 Å². The van der Waals surface area contributed by atoms with Gasteiger partial charge in [-0.05, 0) is 25.0 Å². The van der Waals surface area contributed by atoms with Gasteiger partial charge in [0.25, 0.3) is 11.8 Å². The summed E-state index contributed by atoms with van der Waals surface area (Å²) in [6.07, 6.45) is 4.89. The summed E-state index contributed by atoms with van der Waals surface area (Å²) in [7, 11) is 0. The fourth-order valence-corrected chi connectivity index (χ4v) is 2.28. The van der Waals surface area contributed by atoms with Gasteiger partial charge in [-0.25, -0.2) is 8.78 Å². The third-order valence-electron chi connectivity index (χ3n) is 3.35. The molecule has 1 aromatic carbocycles. The summed E-state index contributed by atoms with van der Waals surface area (Å²) < 4.78 is 26.0. The normalized spacial score (nSPS) is 14.9. The first-order valence-electron chi connectivity index (χ1n) is 7.25. The van der Waals surface area contributed by atoms with Gasteiger partial charge in [-0.3, -0.25) is 9.59 Å². The molecule has 0 aromatic heterocycles. The minimum absolute atomic E-state index is 0.179. The lowest BCUT2D eigenvalue weighted by atomic mass is 10.2. The predicted molar refractivity (Wildman–Crippen MR) is 79.8 cm³/mol. The number of nitrogens with one attached hydrogen (secondary N) is 2. The van der Waals surface area contributed by atoms with Crippen molar-refractivity contribution in [3.8, 4) is 0 Å². The van der Waals surface area contributed by atoms with Crippen LogP contribution in [-0.2, 0) is 14.4 Å². The van der Waals surface area contributed by atoms with Crippen molar-refractivity contribution in [3.05, 3.63) is 29.8 Å². The minimum Gasteiger partial charge on any atom is -0.386 e. The van der Waals surface area contributed by atoms with E-state index in [4.69, 9.17) is 4.84 Å². The van der Waals surface area contributed by atoms with E-state index in [1.165, 1.54) is 0 Å². The van der Waals surface area contributed by atoms with Gasteiger partial charge in [0.2, 0.25) is 0 Å². The SMILES string of the molecule is O=C(C=NOCC(=O)NC1CCCC1)Nc1ccc(F)cc1F. The molecule has 1 fully saturated rings. The quantitative estimate of drug-likeness (QED) is 0.620. The number of halogens is 2. The van der Waals surface area contributed by atoms with E-state index in [1.54, 1.807) is 0 Å². The zero-order valence-electron chi connectivity index (χ0n) is 12.4. The summed E-state index contributed by atoms with van der Waals surface area (Å²) in [5, 5.41) is 8.30. The van der Waals surface area contributed by atoms with Gasteiger partial charge in [-0.2, -0.15) is 0 Å². The number of hydrogen-bond donors (Lipinski definition) is 2. The second-order valence-corrected chi connectivity index (χ2v) is 5.17. The van der Waals surface area contributed by atoms with Gasteiger partial charge < -0.3 is 15.5 Å². The third kappa shape index (κ3) is 5.65. The zero-order valence-corrected chi connectivity index (χ0v) is 12.4. The number of carbonyl (C=O) groups excluding carboxylic acids is 2. The number of amides is 2. The fraction of sp³-hybridized carbons (Fsp3) is 0.400. The second-order valence-electron chi connectivity index (χ2n) is 5.17. The molecule has 0 radical (unpaired) electrons. The molecular weight excluding hydrogens is 308 g/mol. The Morgan fingerprint density at radius 3 is 2.74 bits per heavy atom. The van der Waals surface area contributed by atoms with Crippen LogP contribution >= 0.6 is 0 Å². The van der Waals surface area contributed by atoms with E-state index >= 15 is 0 Å². The Kier molecular flexibility index (Phi) is 6.02. The summed E-state index contributed by atoms with van der Waals surface area (Å²) in [4.78, 5) is 27.7. The Hall–Kier alpha value is -2.51. The molecule has 0 aliphatic heterocycles. The maximum Gasteiger partial charge on any atom is 0.270 e. The molecule has 6 nitrogen and oxygen atoms in total. The van der Waals surface area contributed by atoms with Gasteiger partial charge in [0.15, 0.2) is 6.61 Å². The molecule has 2 amide bonds. The topological polar surface area (TPSA) is 79.8 Å². The van der Waals surface area contributed by atoms with Crippen LogP contribution in [0.15, 0.2) is 23.4 Å². The van der Waals surface area contributed by atoms with Crippen molar-refractivity contribution < 1.29 is 23.2 Å². The molecule has 124 valence electrons. The Morgan fingerprint density at radius 1 is 1.30 bits per heavy atom. The summed E-state index contributed by atoms with van der Waals surface area (Å²) in [6, 6.07) is 2.93. The first-order valence-corrected chi connectivity index (χ1v) is 7.25. The van der Waals surface area contributed by atoms with Crippen molar-refractivity contribution in [2.75, 3.05) is 11.9 Å². The second kappa shape index (κ2) is 8.21. The van der Waals surface area contributed by atoms with Gasteiger partial charge in [0, 0.05) is 12.1 Å². The highest BCUT2D eigenvalue weighted by Crippen LogP contribution is 2.17. The highest BCUT2D eigenvalue weighted by atomic mass is 19.1. The van der Waals surface area contributed by atoms with Crippen LogP contribution in [0.4, 0.5) is 14.5 Å². The largest absolute Gasteiger partial charge is 0.386 e. The molecule has 1 aromatic rings. The number of carbonyl (C=O) groups is 2. The summed E-state index contributed by atoms with van der Waals surface area (Å²) >= 11 is 0. The molecule has 0 unspecified atom stereocenters. The fourth-order valence-electron chi connectivity index (χ4n) is 2.28. The molecule has 1 aliphatic rings. The first-order chi connectivity index (χ1) is 11.0. The van der Waals surface area contributed by atoms with Crippen molar-refractivity contribution in [2.45, 2.75) is 31.7 Å². The van der Waals surface area contributed by atoms with Crippen molar-refractivity contribution in [1.29, 1.82) is 0 Å². The Labute approximate surface area is 131 Å². The summed E-state index contributed by atoms with van der Waals surface area (Å²) in [5.74, 6) is -2.71. The first kappa shape index (κ1) is 16.9. The van der Waals surface area contributed by atoms with E-state index in [0.717, 1.165) is 44.0 Å². The van der Waals surface area contributed by atoms with Crippen molar-refractivity contribution in [3.63, 3.8) is 0 Å². The summed E-state index contributed by atoms with van der Waals surface area (Å²) in [5.41, 5.74) is -0.179. The maximum atomic E-state index is 13.3. The lowest BCUT2D eigenvalue weighted by molar-refractivity contribution is -0.126. The Morgan fingerprint density at radius 2 is 2.04 bits per heavy atom. The van der Waals surface area contributed by atoms with Gasteiger partial charge in [0.1, 0.15) is 17.8 Å². The standard InChI is InChI=1S/C15H17F2N3O3/c16-10-5-6-13(12(17)7-10)20-14(21)8-18-23-9-15(22)19-11-3-1-2-4-11/h5-8,11H,1-4,9H2,(H,19,22)(H,20,21). The van der Waals surface area contributed by atoms with Crippen LogP contribution in [0.2, 0.25) is 0 Å². The molecule has 1 aliphatic carbocycles. The van der Waals surface area contributed by atoms with E-state index in [1.807, 2.05) is 0 Å². The van der Waals surface area contributed by atoms with E-state index in [-0.39, 0.29) is 24.2 Å². The highest BCUT2D eigenvalue weighted by Gasteiger charge is 2.17. The molecule has 0 heterocycles. The smallest absolute Gasteiger partial charge is 0.270 e. The lowest BCUT2D eigenvalue weighted by Gasteiger charge is -2.10. The molecule has 0 saturated heterocycles. The summed E-state index contributed by atoms with van der Waals surface area (Å²) in [6.45, 7) is -0.300. The highest BCUT2D eigenvalue weighted by molar-refractivity contribution is 6.31. The number of oxime groups is 1. The molecule has 0 atom stereocenters. The third-order valence-corrected chi connectivity index (χ3v) is 3.35. The minimum atomic E-state index is -0.899. The lowest BCUT2D eigenvalue weighted by Crippen LogP contribution is -2.35. The van der Waals surface area contributed by atoms with Crippen molar-refractivity contribution in [2.24, 2.45) is 5.16 Å². The Balaban J connectivity index is 1.70. The average molecular weight is 325 g/mol. The van der Waals surface area contributed by atoms with Crippen LogP contribution in [0.25, 0.3) is 0 Å². The van der Waals surface area contributed by atoms with Crippen molar-refractivity contribution >= 4 is 23.7 Å². The molecule has 23 heavy (non-hydrogen) atoms.